The van der Waals surface area contributed by atoms with Crippen LogP contribution in [0.4, 0.5) is 10.1 Å². The van der Waals surface area contributed by atoms with Crippen LogP contribution in [0.3, 0.4) is 0 Å². The van der Waals surface area contributed by atoms with Crippen LogP contribution in [-0.4, -0.2) is 15.5 Å². The molecule has 3 aromatic rings. The van der Waals surface area contributed by atoms with Gasteiger partial charge in [0.25, 0.3) is 5.56 Å². The lowest BCUT2D eigenvalue weighted by molar-refractivity contribution is -0.116. The first-order chi connectivity index (χ1) is 11.4. The van der Waals surface area contributed by atoms with E-state index in [0.717, 1.165) is 10.1 Å². The molecule has 0 aliphatic heterocycles. The van der Waals surface area contributed by atoms with Crippen molar-refractivity contribution in [3.63, 3.8) is 0 Å². The summed E-state index contributed by atoms with van der Waals surface area (Å²) in [7, 11) is 0. The highest BCUT2D eigenvalue weighted by Gasteiger charge is 2.11. The van der Waals surface area contributed by atoms with Crippen LogP contribution in [0, 0.1) is 12.7 Å². The van der Waals surface area contributed by atoms with E-state index in [1.165, 1.54) is 24.5 Å². The maximum absolute atomic E-state index is 13.8. The summed E-state index contributed by atoms with van der Waals surface area (Å²) in [6.45, 7) is 1.47. The first-order valence-electron chi connectivity index (χ1n) is 7.15. The highest BCUT2D eigenvalue weighted by Crippen LogP contribution is 2.16. The van der Waals surface area contributed by atoms with E-state index in [4.69, 9.17) is 11.6 Å². The second-order valence-electron chi connectivity index (χ2n) is 5.37. The van der Waals surface area contributed by atoms with Crippen molar-refractivity contribution in [1.82, 2.24) is 9.55 Å². The lowest BCUT2D eigenvalue weighted by atomic mass is 10.2. The van der Waals surface area contributed by atoms with Crippen LogP contribution in [0.2, 0.25) is 5.02 Å². The third-order valence-electron chi connectivity index (χ3n) is 3.50. The average molecular weight is 346 g/mol. The molecule has 1 aromatic heterocycles. The molecule has 1 amide bonds. The summed E-state index contributed by atoms with van der Waals surface area (Å²) in [4.78, 5) is 28.6. The van der Waals surface area contributed by atoms with E-state index < -0.39 is 11.7 Å². The fourth-order valence-electron chi connectivity index (χ4n) is 2.31. The van der Waals surface area contributed by atoms with Crippen LogP contribution >= 0.6 is 11.6 Å². The molecule has 24 heavy (non-hydrogen) atoms. The Balaban J connectivity index is 1.85. The van der Waals surface area contributed by atoms with E-state index in [-0.39, 0.29) is 17.8 Å². The van der Waals surface area contributed by atoms with Gasteiger partial charge in [0.15, 0.2) is 0 Å². The number of hydrogen-bond acceptors (Lipinski definition) is 3. The summed E-state index contributed by atoms with van der Waals surface area (Å²) in [6, 6.07) is 9.24. The summed E-state index contributed by atoms with van der Waals surface area (Å²) in [5.74, 6) is -1.05. The molecule has 1 N–H and O–H groups in total. The van der Waals surface area contributed by atoms with Gasteiger partial charge in [0.05, 0.1) is 22.9 Å². The molecule has 0 atom stereocenters. The standard InChI is InChI=1S/C17H13ClFN3O2/c1-10-2-4-15(13(19)6-10)21-16(23)8-22-9-20-14-5-3-11(18)7-12(14)17(22)24/h2-7,9H,8H2,1H3,(H,21,23). The summed E-state index contributed by atoms with van der Waals surface area (Å²) in [6.07, 6.45) is 1.28. The van der Waals surface area contributed by atoms with Crippen molar-refractivity contribution < 1.29 is 9.18 Å². The van der Waals surface area contributed by atoms with Gasteiger partial charge in [0, 0.05) is 5.02 Å². The Labute approximate surface area is 141 Å². The summed E-state index contributed by atoms with van der Waals surface area (Å²) < 4.78 is 14.9. The second-order valence-corrected chi connectivity index (χ2v) is 5.81. The van der Waals surface area contributed by atoms with Crippen molar-refractivity contribution in [2.24, 2.45) is 0 Å². The van der Waals surface area contributed by atoms with E-state index in [1.807, 2.05) is 0 Å². The largest absolute Gasteiger partial charge is 0.322 e. The van der Waals surface area contributed by atoms with Gasteiger partial charge in [-0.2, -0.15) is 0 Å². The number of aromatic nitrogens is 2. The van der Waals surface area contributed by atoms with Gasteiger partial charge in [-0.05, 0) is 42.8 Å². The van der Waals surface area contributed by atoms with E-state index in [2.05, 4.69) is 10.3 Å². The highest BCUT2D eigenvalue weighted by molar-refractivity contribution is 6.31. The molecule has 7 heteroatoms. The maximum atomic E-state index is 13.8. The lowest BCUT2D eigenvalue weighted by Crippen LogP contribution is -2.28. The minimum absolute atomic E-state index is 0.0652. The molecular formula is C17H13ClFN3O2. The average Bonchev–Trinajstić information content (AvgIpc) is 2.53. The Kier molecular flexibility index (Phi) is 4.31. The number of anilines is 1. The van der Waals surface area contributed by atoms with Crippen LogP contribution in [0.25, 0.3) is 10.9 Å². The van der Waals surface area contributed by atoms with Gasteiger partial charge in [0.1, 0.15) is 12.4 Å². The highest BCUT2D eigenvalue weighted by atomic mass is 35.5. The molecule has 0 fully saturated rings. The Morgan fingerprint density at radius 2 is 2.08 bits per heavy atom. The molecule has 122 valence electrons. The van der Waals surface area contributed by atoms with Gasteiger partial charge < -0.3 is 5.32 Å². The smallest absolute Gasteiger partial charge is 0.261 e. The van der Waals surface area contributed by atoms with Gasteiger partial charge >= 0.3 is 0 Å². The zero-order valence-electron chi connectivity index (χ0n) is 12.7. The van der Waals surface area contributed by atoms with E-state index in [1.54, 1.807) is 25.1 Å². The number of rotatable bonds is 3. The van der Waals surface area contributed by atoms with Crippen LogP contribution in [-0.2, 0) is 11.3 Å². The number of carbonyl (C=O) groups excluding carboxylic acids is 1. The fraction of sp³-hybridized carbons (Fsp3) is 0.118. The number of nitrogens with zero attached hydrogens (tertiary/aromatic N) is 2. The predicted octanol–water partition coefficient (Wildman–Crippen LogP) is 3.14. The number of benzene rings is 2. The van der Waals surface area contributed by atoms with Gasteiger partial charge in [-0.3, -0.25) is 14.2 Å². The zero-order valence-corrected chi connectivity index (χ0v) is 13.5. The Bertz CT molecular complexity index is 1000. The van der Waals surface area contributed by atoms with Gasteiger partial charge in [-0.15, -0.1) is 0 Å². The van der Waals surface area contributed by atoms with E-state index in [0.29, 0.717) is 15.9 Å². The van der Waals surface area contributed by atoms with Gasteiger partial charge in [-0.1, -0.05) is 17.7 Å². The van der Waals surface area contributed by atoms with Gasteiger partial charge in [-0.25, -0.2) is 9.37 Å². The van der Waals surface area contributed by atoms with Crippen molar-refractivity contribution in [2.45, 2.75) is 13.5 Å². The first kappa shape index (κ1) is 16.1. The van der Waals surface area contributed by atoms with E-state index in [9.17, 15) is 14.0 Å². The second kappa shape index (κ2) is 6.41. The topological polar surface area (TPSA) is 64.0 Å². The lowest BCUT2D eigenvalue weighted by Gasteiger charge is -2.09. The summed E-state index contributed by atoms with van der Waals surface area (Å²) in [5, 5.41) is 3.17. The number of amides is 1. The molecule has 0 saturated heterocycles. The normalized spacial score (nSPS) is 10.8. The van der Waals surface area contributed by atoms with E-state index >= 15 is 0 Å². The van der Waals surface area contributed by atoms with Crippen molar-refractivity contribution in [3.05, 3.63) is 69.5 Å². The quantitative estimate of drug-likeness (QED) is 0.793. The molecule has 2 aromatic carbocycles. The zero-order chi connectivity index (χ0) is 17.3. The molecule has 0 unspecified atom stereocenters. The Morgan fingerprint density at radius 3 is 2.83 bits per heavy atom. The number of fused-ring (bicyclic) bond motifs is 1. The van der Waals surface area contributed by atoms with Crippen LogP contribution < -0.4 is 10.9 Å². The number of carbonyl (C=O) groups is 1. The van der Waals surface area contributed by atoms with Crippen molar-refractivity contribution >= 4 is 34.1 Å². The van der Waals surface area contributed by atoms with Crippen molar-refractivity contribution in [2.75, 3.05) is 5.32 Å². The monoisotopic (exact) mass is 345 g/mol. The Morgan fingerprint density at radius 1 is 1.29 bits per heavy atom. The number of nitrogens with one attached hydrogen (secondary N) is 1. The van der Waals surface area contributed by atoms with Crippen molar-refractivity contribution in [3.8, 4) is 0 Å². The molecule has 1 heterocycles. The molecule has 0 radical (unpaired) electrons. The first-order valence-corrected chi connectivity index (χ1v) is 7.52. The Hall–Kier alpha value is -2.73. The molecule has 0 spiro atoms. The number of hydrogen-bond donors (Lipinski definition) is 1. The fourth-order valence-corrected chi connectivity index (χ4v) is 2.48. The molecule has 0 aliphatic carbocycles. The predicted molar refractivity (Wildman–Crippen MR) is 90.8 cm³/mol. The third-order valence-corrected chi connectivity index (χ3v) is 3.73. The van der Waals surface area contributed by atoms with Crippen molar-refractivity contribution in [1.29, 1.82) is 0 Å². The summed E-state index contributed by atoms with van der Waals surface area (Å²) in [5.41, 5.74) is 0.917. The SMILES string of the molecule is Cc1ccc(NC(=O)Cn2cnc3ccc(Cl)cc3c2=O)c(F)c1. The van der Waals surface area contributed by atoms with Crippen LogP contribution in [0.15, 0.2) is 47.5 Å². The molecule has 0 bridgehead atoms. The molecular weight excluding hydrogens is 333 g/mol. The molecule has 3 rings (SSSR count). The molecule has 0 saturated carbocycles. The maximum Gasteiger partial charge on any atom is 0.261 e. The number of halogens is 2. The van der Waals surface area contributed by atoms with Crippen LogP contribution in [0.1, 0.15) is 5.56 Å². The van der Waals surface area contributed by atoms with Gasteiger partial charge in [0.2, 0.25) is 5.91 Å². The molecule has 5 nitrogen and oxygen atoms in total. The van der Waals surface area contributed by atoms with Crippen LogP contribution in [0.5, 0.6) is 0 Å². The summed E-state index contributed by atoms with van der Waals surface area (Å²) >= 11 is 5.89. The number of aryl methyl sites for hydroxylation is 1. The third kappa shape index (κ3) is 3.28. The minimum Gasteiger partial charge on any atom is -0.322 e. The minimum atomic E-state index is -0.529. The molecule has 0 aliphatic rings.